The van der Waals surface area contributed by atoms with Gasteiger partial charge in [-0.2, -0.15) is 0 Å². The first-order valence-electron chi connectivity index (χ1n) is 6.35. The Kier molecular flexibility index (Phi) is 2.72. The summed E-state index contributed by atoms with van der Waals surface area (Å²) in [4.78, 5) is 4.69. The fourth-order valence-electron chi connectivity index (χ4n) is 2.34. The molecule has 0 fully saturated rings. The lowest BCUT2D eigenvalue weighted by Gasteiger charge is -2.00. The normalized spacial score (nSPS) is 11.2. The molecular weight excluding hydrogens is 286 g/mol. The first-order valence-corrected chi connectivity index (χ1v) is 7.54. The van der Waals surface area contributed by atoms with Gasteiger partial charge in [-0.25, -0.2) is 4.98 Å². The largest absolute Gasteiger partial charge is 0.236 e. The molecule has 0 bridgehead atoms. The van der Waals surface area contributed by atoms with Gasteiger partial charge in [0.05, 0.1) is 10.2 Å². The molecule has 0 aliphatic rings. The number of nitrogens with zero attached hydrogens (tertiary/aromatic N) is 1. The third-order valence-corrected chi connectivity index (χ3v) is 4.65. The zero-order valence-electron chi connectivity index (χ0n) is 10.5. The number of thiazole rings is 1. The van der Waals surface area contributed by atoms with Crippen LogP contribution in [0.5, 0.6) is 0 Å². The van der Waals surface area contributed by atoms with Gasteiger partial charge in [-0.15, -0.1) is 11.3 Å². The summed E-state index contributed by atoms with van der Waals surface area (Å²) in [5, 5.41) is 4.28. The van der Waals surface area contributed by atoms with Gasteiger partial charge in [-0.05, 0) is 35.0 Å². The van der Waals surface area contributed by atoms with Crippen LogP contribution in [0.2, 0.25) is 5.02 Å². The van der Waals surface area contributed by atoms with Gasteiger partial charge in [0.2, 0.25) is 0 Å². The molecule has 3 heteroatoms. The van der Waals surface area contributed by atoms with E-state index >= 15 is 0 Å². The molecule has 0 N–H and O–H groups in total. The molecule has 4 aromatic rings. The lowest BCUT2D eigenvalue weighted by Crippen LogP contribution is -1.77. The molecule has 96 valence electrons. The fourth-order valence-corrected chi connectivity index (χ4v) is 3.58. The van der Waals surface area contributed by atoms with Crippen molar-refractivity contribution in [3.63, 3.8) is 0 Å². The molecule has 0 saturated heterocycles. The Morgan fingerprint density at radius 2 is 1.70 bits per heavy atom. The van der Waals surface area contributed by atoms with Gasteiger partial charge < -0.3 is 0 Å². The number of aromatic nitrogens is 1. The predicted octanol–water partition coefficient (Wildman–Crippen LogP) is 5.77. The van der Waals surface area contributed by atoms with Crippen molar-refractivity contribution in [3.8, 4) is 10.6 Å². The Morgan fingerprint density at radius 3 is 2.60 bits per heavy atom. The molecule has 0 spiro atoms. The van der Waals surface area contributed by atoms with Crippen LogP contribution < -0.4 is 0 Å². The minimum absolute atomic E-state index is 0.756. The monoisotopic (exact) mass is 295 g/mol. The highest BCUT2D eigenvalue weighted by molar-refractivity contribution is 7.21. The summed E-state index contributed by atoms with van der Waals surface area (Å²) in [5.74, 6) is 0. The Bertz CT molecular complexity index is 926. The number of hydrogen-bond acceptors (Lipinski definition) is 2. The van der Waals surface area contributed by atoms with Crippen LogP contribution in [0.3, 0.4) is 0 Å². The third-order valence-electron chi connectivity index (χ3n) is 3.35. The highest BCUT2D eigenvalue weighted by Crippen LogP contribution is 2.33. The van der Waals surface area contributed by atoms with E-state index in [1.165, 1.54) is 10.8 Å². The van der Waals surface area contributed by atoms with Crippen molar-refractivity contribution < 1.29 is 0 Å². The average molecular weight is 296 g/mol. The van der Waals surface area contributed by atoms with Crippen LogP contribution in [0.15, 0.2) is 60.7 Å². The standard InChI is InChI=1S/C17H10ClNS/c18-14-7-8-15-16(10-14)20-17(19-15)13-6-5-11-3-1-2-4-12(11)9-13/h1-10H. The maximum absolute atomic E-state index is 6.03. The number of halogens is 1. The highest BCUT2D eigenvalue weighted by Gasteiger charge is 2.07. The second-order valence-corrected chi connectivity index (χ2v) is 6.16. The van der Waals surface area contributed by atoms with E-state index in [0.29, 0.717) is 0 Å². The average Bonchev–Trinajstić information content (AvgIpc) is 2.89. The van der Waals surface area contributed by atoms with E-state index in [2.05, 4.69) is 42.5 Å². The first kappa shape index (κ1) is 11.9. The number of rotatable bonds is 1. The minimum Gasteiger partial charge on any atom is -0.236 e. The molecule has 0 radical (unpaired) electrons. The van der Waals surface area contributed by atoms with Crippen LogP contribution >= 0.6 is 22.9 Å². The summed E-state index contributed by atoms with van der Waals surface area (Å²) in [7, 11) is 0. The van der Waals surface area contributed by atoms with Crippen molar-refractivity contribution in [1.29, 1.82) is 0 Å². The van der Waals surface area contributed by atoms with E-state index in [4.69, 9.17) is 16.6 Å². The molecule has 0 aliphatic carbocycles. The van der Waals surface area contributed by atoms with E-state index in [0.717, 1.165) is 25.8 Å². The molecule has 0 saturated carbocycles. The molecule has 1 nitrogen and oxygen atoms in total. The first-order chi connectivity index (χ1) is 9.79. The van der Waals surface area contributed by atoms with Gasteiger partial charge in [-0.1, -0.05) is 48.0 Å². The Morgan fingerprint density at radius 1 is 0.850 bits per heavy atom. The molecule has 0 aliphatic heterocycles. The second-order valence-electron chi connectivity index (χ2n) is 4.69. The van der Waals surface area contributed by atoms with Crippen molar-refractivity contribution >= 4 is 43.9 Å². The molecule has 4 rings (SSSR count). The smallest absolute Gasteiger partial charge is 0.124 e. The fraction of sp³-hybridized carbons (Fsp3) is 0. The van der Waals surface area contributed by atoms with E-state index < -0.39 is 0 Å². The summed E-state index contributed by atoms with van der Waals surface area (Å²) in [6.07, 6.45) is 0. The maximum Gasteiger partial charge on any atom is 0.124 e. The van der Waals surface area contributed by atoms with Crippen molar-refractivity contribution in [2.45, 2.75) is 0 Å². The molecule has 1 aromatic heterocycles. The Balaban J connectivity index is 1.91. The topological polar surface area (TPSA) is 12.9 Å². The number of benzene rings is 3. The molecule has 3 aromatic carbocycles. The molecule has 1 heterocycles. The maximum atomic E-state index is 6.03. The van der Waals surface area contributed by atoms with Crippen LogP contribution in [0.25, 0.3) is 31.6 Å². The molecule has 20 heavy (non-hydrogen) atoms. The van der Waals surface area contributed by atoms with E-state index in [1.54, 1.807) is 11.3 Å². The zero-order valence-corrected chi connectivity index (χ0v) is 12.1. The van der Waals surface area contributed by atoms with Gasteiger partial charge in [-0.3, -0.25) is 0 Å². The molecule has 0 atom stereocenters. The van der Waals surface area contributed by atoms with Crippen molar-refractivity contribution in [3.05, 3.63) is 65.7 Å². The van der Waals surface area contributed by atoms with Crippen LogP contribution in [-0.2, 0) is 0 Å². The van der Waals surface area contributed by atoms with Crippen molar-refractivity contribution in [2.24, 2.45) is 0 Å². The molecule has 0 unspecified atom stereocenters. The lowest BCUT2D eigenvalue weighted by molar-refractivity contribution is 1.48. The van der Waals surface area contributed by atoms with Gasteiger partial charge in [0, 0.05) is 10.6 Å². The van der Waals surface area contributed by atoms with E-state index in [1.807, 2.05) is 18.2 Å². The summed E-state index contributed by atoms with van der Waals surface area (Å²) in [6.45, 7) is 0. The van der Waals surface area contributed by atoms with Crippen LogP contribution in [-0.4, -0.2) is 4.98 Å². The molecule has 0 amide bonds. The zero-order chi connectivity index (χ0) is 13.5. The van der Waals surface area contributed by atoms with Crippen LogP contribution in [0, 0.1) is 0 Å². The third kappa shape index (κ3) is 1.98. The van der Waals surface area contributed by atoms with Crippen molar-refractivity contribution in [1.82, 2.24) is 4.98 Å². The predicted molar refractivity (Wildman–Crippen MR) is 87.6 cm³/mol. The summed E-state index contributed by atoms with van der Waals surface area (Å²) < 4.78 is 1.13. The van der Waals surface area contributed by atoms with E-state index in [-0.39, 0.29) is 0 Å². The summed E-state index contributed by atoms with van der Waals surface area (Å²) in [6, 6.07) is 20.7. The van der Waals surface area contributed by atoms with Crippen LogP contribution in [0.1, 0.15) is 0 Å². The SMILES string of the molecule is Clc1ccc2nc(-c3ccc4ccccc4c3)sc2c1. The van der Waals surface area contributed by atoms with Gasteiger partial charge in [0.15, 0.2) is 0 Å². The van der Waals surface area contributed by atoms with Gasteiger partial charge in [0.1, 0.15) is 5.01 Å². The van der Waals surface area contributed by atoms with Crippen molar-refractivity contribution in [2.75, 3.05) is 0 Å². The number of hydrogen-bond donors (Lipinski definition) is 0. The Labute approximate surface area is 125 Å². The van der Waals surface area contributed by atoms with Crippen LogP contribution in [0.4, 0.5) is 0 Å². The van der Waals surface area contributed by atoms with Gasteiger partial charge in [0.25, 0.3) is 0 Å². The minimum atomic E-state index is 0.756. The summed E-state index contributed by atoms with van der Waals surface area (Å²) in [5.41, 5.74) is 2.16. The highest BCUT2D eigenvalue weighted by atomic mass is 35.5. The number of fused-ring (bicyclic) bond motifs is 2. The Hall–Kier alpha value is -1.90. The second kappa shape index (κ2) is 4.58. The lowest BCUT2D eigenvalue weighted by atomic mass is 10.1. The summed E-state index contributed by atoms with van der Waals surface area (Å²) >= 11 is 7.71. The quantitative estimate of drug-likeness (QED) is 0.434. The molecular formula is C17H10ClNS. The van der Waals surface area contributed by atoms with Gasteiger partial charge >= 0.3 is 0 Å². The van der Waals surface area contributed by atoms with E-state index in [9.17, 15) is 0 Å².